The van der Waals surface area contributed by atoms with Crippen LogP contribution >= 0.6 is 11.8 Å². The maximum atomic E-state index is 13.3. The van der Waals surface area contributed by atoms with Crippen LogP contribution in [0.5, 0.6) is 0 Å². The van der Waals surface area contributed by atoms with Crippen LogP contribution in [0.1, 0.15) is 63.5 Å². The smallest absolute Gasteiger partial charge is 0.407 e. The molecule has 5 rings (SSSR count). The van der Waals surface area contributed by atoms with Crippen LogP contribution in [-0.4, -0.2) is 63.8 Å². The fourth-order valence-corrected chi connectivity index (χ4v) is 9.15. The first kappa shape index (κ1) is 41.2. The van der Waals surface area contributed by atoms with E-state index < -0.39 is 28.1 Å². The lowest BCUT2D eigenvalue weighted by Gasteiger charge is -2.17. The molecule has 0 saturated heterocycles. The molecule has 0 radical (unpaired) electrons. The molecule has 0 heterocycles. The van der Waals surface area contributed by atoms with Gasteiger partial charge in [-0.3, -0.25) is 4.72 Å². The molecule has 290 valence electrons. The van der Waals surface area contributed by atoms with Crippen molar-refractivity contribution >= 4 is 50.3 Å². The minimum Gasteiger partial charge on any atom is -0.480 e. The molecule has 4 aromatic rings. The Morgan fingerprint density at radius 2 is 1.42 bits per heavy atom. The topological polar surface area (TPSA) is 125 Å². The van der Waals surface area contributed by atoms with Crippen molar-refractivity contribution in [3.8, 4) is 11.1 Å². The number of amides is 1. The fraction of sp³-hybridized carbons (Fsp3) is 0.318. The van der Waals surface area contributed by atoms with Gasteiger partial charge in [-0.2, -0.15) is 11.8 Å². The molecule has 0 fully saturated rings. The van der Waals surface area contributed by atoms with Gasteiger partial charge < -0.3 is 20.1 Å². The number of sulfonamides is 1. The lowest BCUT2D eigenvalue weighted by Crippen LogP contribution is -2.43. The molecule has 4 aromatic carbocycles. The minimum atomic E-state index is -3.76. The monoisotopic (exact) mass is 781 g/mol. The second-order valence-electron chi connectivity index (χ2n) is 14.1. The molecule has 0 unspecified atom stereocenters. The van der Waals surface area contributed by atoms with Crippen LogP contribution < -0.4 is 14.9 Å². The Labute approximate surface area is 329 Å². The molecule has 1 aliphatic rings. The average Bonchev–Trinajstić information content (AvgIpc) is 3.47. The predicted molar refractivity (Wildman–Crippen MR) is 225 cm³/mol. The number of nitrogens with zero attached hydrogens (tertiary/aromatic N) is 1. The number of ether oxygens (including phenoxy) is 1. The van der Waals surface area contributed by atoms with E-state index in [1.807, 2.05) is 85.7 Å². The molecule has 9 nitrogen and oxygen atoms in total. The lowest BCUT2D eigenvalue weighted by molar-refractivity contribution is -0.138. The Morgan fingerprint density at radius 3 is 2.07 bits per heavy atom. The number of allylic oxidation sites excluding steroid dienone is 5. The van der Waals surface area contributed by atoms with Crippen molar-refractivity contribution in [1.82, 2.24) is 10.0 Å². The number of nitrogens with one attached hydrogen (secondary N) is 2. The van der Waals surface area contributed by atoms with Crippen LogP contribution in [0.25, 0.3) is 21.9 Å². The lowest BCUT2D eigenvalue weighted by atomic mass is 9.98. The number of rotatable bonds is 18. The summed E-state index contributed by atoms with van der Waals surface area (Å²) in [6, 6.07) is 26.1. The molecule has 0 saturated carbocycles. The third-order valence-corrected chi connectivity index (χ3v) is 12.2. The molecular weight excluding hydrogens is 731 g/mol. The summed E-state index contributed by atoms with van der Waals surface area (Å²) in [7, 11) is 0.117. The second kappa shape index (κ2) is 19.0. The number of carboxylic acids is 1. The highest BCUT2D eigenvalue weighted by Gasteiger charge is 2.30. The van der Waals surface area contributed by atoms with Gasteiger partial charge in [0.05, 0.1) is 4.90 Å². The summed E-state index contributed by atoms with van der Waals surface area (Å²) in [6.45, 7) is 6.03. The molecule has 1 atom stereocenters. The molecule has 0 aromatic heterocycles. The van der Waals surface area contributed by atoms with Gasteiger partial charge in [-0.25, -0.2) is 18.0 Å². The summed E-state index contributed by atoms with van der Waals surface area (Å²) >= 11 is 1.44. The number of hydrogen-bond donors (Lipinski definition) is 3. The number of thioether (sulfide) groups is 1. The normalized spacial score (nSPS) is 13.9. The number of anilines is 1. The van der Waals surface area contributed by atoms with Gasteiger partial charge in [-0.15, -0.1) is 0 Å². The second-order valence-corrected chi connectivity index (χ2v) is 16.8. The summed E-state index contributed by atoms with van der Waals surface area (Å²) in [5.74, 6) is -0.366. The van der Waals surface area contributed by atoms with Crippen LogP contribution in [0.4, 0.5) is 10.5 Å². The number of hydrogen-bond acceptors (Lipinski definition) is 7. The Kier molecular flexibility index (Phi) is 14.3. The van der Waals surface area contributed by atoms with Gasteiger partial charge in [0.1, 0.15) is 12.6 Å². The van der Waals surface area contributed by atoms with E-state index in [2.05, 4.69) is 48.2 Å². The molecule has 0 spiro atoms. The third-order valence-electron chi connectivity index (χ3n) is 9.71. The highest BCUT2D eigenvalue weighted by atomic mass is 32.2. The number of fused-ring (bicyclic) bond motifs is 4. The number of aliphatic carboxylic acids is 1. The van der Waals surface area contributed by atoms with E-state index in [0.717, 1.165) is 52.6 Å². The number of alkyl carbamates (subject to hydrolysis) is 1. The standard InChI is InChI=1S/C44H51N3O6S2/c1-30(16-11-17-32(3)46-55(51,52)42-25-13-22-37-38(42)23-12-24-41(37)47(4)5)14-10-15-31(2)26-27-54-29-40(43(48)49)45-44(50)53-28-39-35-20-8-6-18-33(35)34-19-7-9-21-36(34)39/h6-9,12-14,17-26,39-40,46H,10-11,15-16,27-29H2,1-5H3,(H,45,50)(H,48,49)/b30-14+,31-26+,32-17+/t40-/m0/s1. The minimum absolute atomic E-state index is 0.101. The molecule has 55 heavy (non-hydrogen) atoms. The van der Waals surface area contributed by atoms with E-state index >= 15 is 0 Å². The van der Waals surface area contributed by atoms with Crippen molar-refractivity contribution in [3.63, 3.8) is 0 Å². The van der Waals surface area contributed by atoms with Crippen molar-refractivity contribution in [1.29, 1.82) is 0 Å². The van der Waals surface area contributed by atoms with Crippen LogP contribution in [0.15, 0.2) is 125 Å². The first-order chi connectivity index (χ1) is 26.4. The molecule has 0 aliphatic heterocycles. The fourth-order valence-electron chi connectivity index (χ4n) is 6.81. The maximum Gasteiger partial charge on any atom is 0.407 e. The molecule has 1 aliphatic carbocycles. The molecule has 1 amide bonds. The van der Waals surface area contributed by atoms with E-state index in [1.54, 1.807) is 19.1 Å². The maximum absolute atomic E-state index is 13.3. The van der Waals surface area contributed by atoms with Crippen LogP contribution in [0.3, 0.4) is 0 Å². The highest BCUT2D eigenvalue weighted by Crippen LogP contribution is 2.44. The van der Waals surface area contributed by atoms with Gasteiger partial charge >= 0.3 is 12.1 Å². The summed E-state index contributed by atoms with van der Waals surface area (Å²) in [5.41, 5.74) is 8.41. The molecular formula is C44H51N3O6S2. The Hall–Kier alpha value is -5.00. The number of carbonyl (C=O) groups excluding carboxylic acids is 1. The van der Waals surface area contributed by atoms with Crippen molar-refractivity contribution < 1.29 is 27.9 Å². The van der Waals surface area contributed by atoms with E-state index in [4.69, 9.17) is 4.74 Å². The summed E-state index contributed by atoms with van der Waals surface area (Å²) in [4.78, 5) is 26.8. The predicted octanol–water partition coefficient (Wildman–Crippen LogP) is 9.27. The van der Waals surface area contributed by atoms with Gasteiger partial charge in [0, 0.05) is 53.7 Å². The van der Waals surface area contributed by atoms with E-state index in [1.165, 1.54) is 22.9 Å². The van der Waals surface area contributed by atoms with Crippen molar-refractivity contribution in [2.24, 2.45) is 0 Å². The van der Waals surface area contributed by atoms with E-state index in [0.29, 0.717) is 23.3 Å². The average molecular weight is 782 g/mol. The van der Waals surface area contributed by atoms with Gasteiger partial charge in [-0.05, 0) is 80.8 Å². The van der Waals surface area contributed by atoms with Gasteiger partial charge in [0.15, 0.2) is 0 Å². The highest BCUT2D eigenvalue weighted by molar-refractivity contribution is 7.99. The first-order valence-electron chi connectivity index (χ1n) is 18.5. The zero-order valence-corrected chi connectivity index (χ0v) is 33.8. The Bertz CT molecular complexity index is 2160. The summed E-state index contributed by atoms with van der Waals surface area (Å²) in [5, 5.41) is 13.8. The quantitative estimate of drug-likeness (QED) is 0.0674. The zero-order chi connectivity index (χ0) is 39.5. The third kappa shape index (κ3) is 10.8. The zero-order valence-electron chi connectivity index (χ0n) is 32.2. The van der Waals surface area contributed by atoms with Gasteiger partial charge in [-0.1, -0.05) is 102 Å². The first-order valence-corrected chi connectivity index (χ1v) is 21.1. The summed E-state index contributed by atoms with van der Waals surface area (Å²) in [6.07, 6.45) is 8.72. The van der Waals surface area contributed by atoms with Crippen molar-refractivity contribution in [2.75, 3.05) is 37.1 Å². The molecule has 0 bridgehead atoms. The molecule has 3 N–H and O–H groups in total. The molecule has 11 heteroatoms. The SMILES string of the molecule is C/C(=C\CC/C(C)=C/CSC[C@H](NC(=O)OCC1c2ccccc2-c2ccccc21)C(=O)O)CC/C=C(\C)NS(=O)(=O)c1cccc2c(N(C)C)cccc12. The van der Waals surface area contributed by atoms with Crippen molar-refractivity contribution in [2.45, 2.75) is 63.3 Å². The Morgan fingerprint density at radius 1 is 0.818 bits per heavy atom. The number of carboxylic acid groups (broad SMARTS) is 1. The number of benzene rings is 4. The summed E-state index contributed by atoms with van der Waals surface area (Å²) < 4.78 is 35.0. The van der Waals surface area contributed by atoms with E-state index in [-0.39, 0.29) is 23.2 Å². The number of carbonyl (C=O) groups is 2. The van der Waals surface area contributed by atoms with Crippen LogP contribution in [0, 0.1) is 0 Å². The van der Waals surface area contributed by atoms with Crippen LogP contribution in [-0.2, 0) is 19.6 Å². The largest absolute Gasteiger partial charge is 0.480 e. The van der Waals surface area contributed by atoms with Crippen molar-refractivity contribution in [3.05, 3.63) is 131 Å². The van der Waals surface area contributed by atoms with Gasteiger partial charge in [0.25, 0.3) is 10.0 Å². The van der Waals surface area contributed by atoms with Crippen LogP contribution in [0.2, 0.25) is 0 Å². The Balaban J connectivity index is 1.01. The van der Waals surface area contributed by atoms with Gasteiger partial charge in [0.2, 0.25) is 0 Å². The van der Waals surface area contributed by atoms with E-state index in [9.17, 15) is 23.1 Å².